The third-order valence-corrected chi connectivity index (χ3v) is 4.23. The molecule has 1 fully saturated rings. The van der Waals surface area contributed by atoms with Crippen LogP contribution in [0.3, 0.4) is 0 Å². The molecule has 0 bridgehead atoms. The topological polar surface area (TPSA) is 109 Å². The van der Waals surface area contributed by atoms with E-state index in [1.165, 1.54) is 12.1 Å². The summed E-state index contributed by atoms with van der Waals surface area (Å²) in [5.74, 6) is -0.263. The fourth-order valence-electron chi connectivity index (χ4n) is 2.76. The number of rotatable bonds is 5. The van der Waals surface area contributed by atoms with E-state index in [2.05, 4.69) is 21.4 Å². The highest BCUT2D eigenvalue weighted by atomic mass is 16.6. The number of nitro groups is 1. The number of carbonyl (C=O) groups excluding carboxylic acids is 1. The van der Waals surface area contributed by atoms with Crippen LogP contribution in [0.1, 0.15) is 30.5 Å². The summed E-state index contributed by atoms with van der Waals surface area (Å²) in [5.41, 5.74) is 10.8. The third kappa shape index (κ3) is 4.11. The Bertz CT molecular complexity index is 838. The van der Waals surface area contributed by atoms with Crippen LogP contribution in [0.15, 0.2) is 59.7 Å². The van der Waals surface area contributed by atoms with Gasteiger partial charge in [0.05, 0.1) is 10.6 Å². The van der Waals surface area contributed by atoms with Crippen molar-refractivity contribution in [2.24, 2.45) is 5.10 Å². The second kappa shape index (κ2) is 7.85. The molecule has 0 radical (unpaired) electrons. The van der Waals surface area contributed by atoms with Crippen molar-refractivity contribution in [2.75, 3.05) is 0 Å². The largest absolute Gasteiger partial charge is 0.271 e. The van der Waals surface area contributed by atoms with E-state index in [4.69, 9.17) is 0 Å². The second-order valence-electron chi connectivity index (χ2n) is 6.02. The lowest BCUT2D eigenvalue weighted by Crippen LogP contribution is -2.41. The van der Waals surface area contributed by atoms with Crippen molar-refractivity contribution in [3.63, 3.8) is 0 Å². The maximum atomic E-state index is 12.3. The number of amides is 1. The number of hydrazine groups is 1. The number of hydrazone groups is 1. The van der Waals surface area contributed by atoms with E-state index in [-0.39, 0.29) is 17.6 Å². The van der Waals surface area contributed by atoms with Crippen LogP contribution < -0.4 is 16.3 Å². The highest BCUT2D eigenvalue weighted by Crippen LogP contribution is 2.21. The van der Waals surface area contributed by atoms with Gasteiger partial charge in [0.15, 0.2) is 0 Å². The molecule has 8 nitrogen and oxygen atoms in total. The zero-order valence-corrected chi connectivity index (χ0v) is 14.2. The van der Waals surface area contributed by atoms with Crippen molar-refractivity contribution in [3.05, 3.63) is 75.8 Å². The number of non-ortho nitro benzene ring substituents is 1. The van der Waals surface area contributed by atoms with Gasteiger partial charge in [0, 0.05) is 23.7 Å². The standard InChI is InChI=1S/C18H19N5O3/c1-12(14-8-5-9-15(10-14)23(25)26)19-22-18(24)17-11-16(20-21-17)13-6-3-2-4-7-13/h2-10,16-17,20-21H,11H2,1H3,(H,22,24)/b19-12+. The highest BCUT2D eigenvalue weighted by Gasteiger charge is 2.29. The van der Waals surface area contributed by atoms with E-state index in [1.807, 2.05) is 30.3 Å². The van der Waals surface area contributed by atoms with Gasteiger partial charge in [-0.15, -0.1) is 0 Å². The average molecular weight is 353 g/mol. The van der Waals surface area contributed by atoms with Crippen molar-refractivity contribution in [2.45, 2.75) is 25.4 Å². The summed E-state index contributed by atoms with van der Waals surface area (Å²) in [6.07, 6.45) is 0.598. The van der Waals surface area contributed by atoms with E-state index >= 15 is 0 Å². The quantitative estimate of drug-likeness (QED) is 0.433. The number of nitro benzene ring substituents is 1. The van der Waals surface area contributed by atoms with Gasteiger partial charge in [0.2, 0.25) is 0 Å². The molecule has 0 spiro atoms. The molecule has 1 saturated heterocycles. The lowest BCUT2D eigenvalue weighted by atomic mass is 10.0. The monoisotopic (exact) mass is 353 g/mol. The molecule has 2 atom stereocenters. The average Bonchev–Trinajstić information content (AvgIpc) is 3.17. The van der Waals surface area contributed by atoms with Gasteiger partial charge in [-0.05, 0) is 18.9 Å². The summed E-state index contributed by atoms with van der Waals surface area (Å²) >= 11 is 0. The van der Waals surface area contributed by atoms with Crippen LogP contribution in [-0.4, -0.2) is 22.6 Å². The first-order valence-electron chi connectivity index (χ1n) is 8.19. The minimum atomic E-state index is -0.465. The SMILES string of the molecule is C/C(=N\NC(=O)C1CC(c2ccccc2)NN1)c1cccc([N+](=O)[O-])c1. The molecular weight excluding hydrogens is 334 g/mol. The predicted octanol–water partition coefficient (Wildman–Crippen LogP) is 2.04. The molecule has 1 aliphatic rings. The predicted molar refractivity (Wildman–Crippen MR) is 97.3 cm³/mol. The summed E-state index contributed by atoms with van der Waals surface area (Å²) in [5, 5.41) is 14.9. The Kier molecular flexibility index (Phi) is 5.35. The normalized spacial score (nSPS) is 20.0. The molecule has 0 aliphatic carbocycles. The first-order chi connectivity index (χ1) is 12.5. The van der Waals surface area contributed by atoms with Crippen molar-refractivity contribution >= 4 is 17.3 Å². The van der Waals surface area contributed by atoms with E-state index < -0.39 is 11.0 Å². The van der Waals surface area contributed by atoms with Crippen LogP contribution in [0.25, 0.3) is 0 Å². The van der Waals surface area contributed by atoms with Crippen LogP contribution in [0.4, 0.5) is 5.69 Å². The molecule has 26 heavy (non-hydrogen) atoms. The minimum absolute atomic E-state index is 0.0178. The van der Waals surface area contributed by atoms with Gasteiger partial charge >= 0.3 is 0 Å². The Morgan fingerprint density at radius 3 is 2.69 bits per heavy atom. The maximum Gasteiger partial charge on any atom is 0.270 e. The van der Waals surface area contributed by atoms with Crippen LogP contribution in [-0.2, 0) is 4.79 Å². The number of carbonyl (C=O) groups is 1. The Labute approximate surface area is 150 Å². The van der Waals surface area contributed by atoms with Crippen molar-refractivity contribution in [1.82, 2.24) is 16.3 Å². The van der Waals surface area contributed by atoms with Crippen molar-refractivity contribution in [1.29, 1.82) is 0 Å². The molecule has 2 unspecified atom stereocenters. The van der Waals surface area contributed by atoms with E-state index in [0.717, 1.165) is 5.56 Å². The van der Waals surface area contributed by atoms with Crippen LogP contribution in [0, 0.1) is 10.1 Å². The molecule has 2 aromatic carbocycles. The Morgan fingerprint density at radius 1 is 1.19 bits per heavy atom. The lowest BCUT2D eigenvalue weighted by molar-refractivity contribution is -0.384. The molecule has 3 N–H and O–H groups in total. The van der Waals surface area contributed by atoms with Gasteiger partial charge in [-0.25, -0.2) is 16.3 Å². The van der Waals surface area contributed by atoms with Gasteiger partial charge in [-0.1, -0.05) is 42.5 Å². The molecule has 8 heteroatoms. The Hall–Kier alpha value is -3.10. The first kappa shape index (κ1) is 17.7. The van der Waals surface area contributed by atoms with Crippen LogP contribution >= 0.6 is 0 Å². The fraction of sp³-hybridized carbons (Fsp3) is 0.222. The van der Waals surface area contributed by atoms with Crippen molar-refractivity contribution in [3.8, 4) is 0 Å². The number of hydrogen-bond acceptors (Lipinski definition) is 6. The smallest absolute Gasteiger partial charge is 0.270 e. The number of nitrogens with zero attached hydrogens (tertiary/aromatic N) is 2. The first-order valence-corrected chi connectivity index (χ1v) is 8.19. The van der Waals surface area contributed by atoms with Gasteiger partial charge in [0.25, 0.3) is 11.6 Å². The van der Waals surface area contributed by atoms with E-state index in [1.54, 1.807) is 19.1 Å². The summed E-state index contributed by atoms with van der Waals surface area (Å²) < 4.78 is 0. The lowest BCUT2D eigenvalue weighted by Gasteiger charge is -2.09. The number of nitrogens with one attached hydrogen (secondary N) is 3. The fourth-order valence-corrected chi connectivity index (χ4v) is 2.76. The summed E-state index contributed by atoms with van der Waals surface area (Å²) in [6.45, 7) is 1.69. The summed E-state index contributed by atoms with van der Waals surface area (Å²) in [7, 11) is 0. The molecule has 1 aliphatic heterocycles. The molecule has 134 valence electrons. The van der Waals surface area contributed by atoms with Gasteiger partial charge in [0.1, 0.15) is 6.04 Å². The van der Waals surface area contributed by atoms with E-state index in [0.29, 0.717) is 17.7 Å². The van der Waals surface area contributed by atoms with Crippen molar-refractivity contribution < 1.29 is 9.72 Å². The molecule has 1 heterocycles. The van der Waals surface area contributed by atoms with Gasteiger partial charge in [-0.3, -0.25) is 14.9 Å². The molecule has 2 aromatic rings. The maximum absolute atomic E-state index is 12.3. The molecule has 1 amide bonds. The van der Waals surface area contributed by atoms with Gasteiger partial charge < -0.3 is 0 Å². The zero-order chi connectivity index (χ0) is 18.5. The molecule has 0 saturated carbocycles. The Balaban J connectivity index is 1.61. The summed E-state index contributed by atoms with van der Waals surface area (Å²) in [4.78, 5) is 22.7. The summed E-state index contributed by atoms with van der Waals surface area (Å²) in [6, 6.07) is 15.6. The number of hydrogen-bond donors (Lipinski definition) is 3. The third-order valence-electron chi connectivity index (χ3n) is 4.23. The second-order valence-corrected chi connectivity index (χ2v) is 6.02. The highest BCUT2D eigenvalue weighted by molar-refractivity contribution is 5.99. The Morgan fingerprint density at radius 2 is 1.96 bits per heavy atom. The molecular formula is C18H19N5O3. The minimum Gasteiger partial charge on any atom is -0.271 e. The molecule has 3 rings (SSSR count). The van der Waals surface area contributed by atoms with Gasteiger partial charge in [-0.2, -0.15) is 5.10 Å². The van der Waals surface area contributed by atoms with Crippen LogP contribution in [0.5, 0.6) is 0 Å². The van der Waals surface area contributed by atoms with Crippen LogP contribution in [0.2, 0.25) is 0 Å². The number of benzene rings is 2. The zero-order valence-electron chi connectivity index (χ0n) is 14.2. The molecule has 0 aromatic heterocycles. The van der Waals surface area contributed by atoms with E-state index in [9.17, 15) is 14.9 Å².